The topological polar surface area (TPSA) is 76.5 Å². The summed E-state index contributed by atoms with van der Waals surface area (Å²) in [4.78, 5) is 27.4. The van der Waals surface area contributed by atoms with Gasteiger partial charge in [-0.1, -0.05) is 12.1 Å². The van der Waals surface area contributed by atoms with Gasteiger partial charge in [-0.05, 0) is 39.8 Å². The Labute approximate surface area is 152 Å². The van der Waals surface area contributed by atoms with E-state index in [1.165, 1.54) is 6.92 Å². The van der Waals surface area contributed by atoms with E-state index in [4.69, 9.17) is 4.74 Å². The molecule has 7 nitrogen and oxygen atoms in total. The van der Waals surface area contributed by atoms with Crippen LogP contribution in [0.15, 0.2) is 24.3 Å². The van der Waals surface area contributed by atoms with Gasteiger partial charge in [-0.3, -0.25) is 14.3 Å². The second kappa shape index (κ2) is 6.48. The lowest BCUT2D eigenvalue weighted by molar-refractivity contribution is -0.148. The highest BCUT2D eigenvalue weighted by molar-refractivity contribution is 6.16. The fourth-order valence-corrected chi connectivity index (χ4v) is 3.27. The monoisotopic (exact) mass is 356 g/mol. The van der Waals surface area contributed by atoms with Crippen LogP contribution < -0.4 is 15.0 Å². The molecule has 2 aromatic rings. The molecule has 0 spiro atoms. The van der Waals surface area contributed by atoms with Gasteiger partial charge >= 0.3 is 0 Å². The molecular weight excluding hydrogens is 332 g/mol. The fraction of sp³-hybridized carbons (Fsp3) is 0.421. The lowest BCUT2D eigenvalue weighted by atomic mass is 9.99. The summed E-state index contributed by atoms with van der Waals surface area (Å²) in [6, 6.07) is 7.25. The number of ether oxygens (including phenoxy) is 1. The first kappa shape index (κ1) is 18.0. The van der Waals surface area contributed by atoms with E-state index in [2.05, 4.69) is 10.4 Å². The summed E-state index contributed by atoms with van der Waals surface area (Å²) in [5.41, 5.74) is 1.86. The first-order valence-electron chi connectivity index (χ1n) is 8.67. The molecule has 26 heavy (non-hydrogen) atoms. The van der Waals surface area contributed by atoms with Crippen molar-refractivity contribution in [3.8, 4) is 5.75 Å². The maximum atomic E-state index is 13.0. The van der Waals surface area contributed by atoms with Gasteiger partial charge in [0.05, 0.1) is 11.4 Å². The van der Waals surface area contributed by atoms with Gasteiger partial charge in [0, 0.05) is 31.4 Å². The molecular formula is C19H24N4O3. The number of fused-ring (bicyclic) bond motifs is 1. The maximum absolute atomic E-state index is 13.0. The lowest BCUT2D eigenvalue weighted by Gasteiger charge is -2.39. The summed E-state index contributed by atoms with van der Waals surface area (Å²) in [5, 5.41) is 7.19. The van der Waals surface area contributed by atoms with E-state index >= 15 is 0 Å². The lowest BCUT2D eigenvalue weighted by Crippen LogP contribution is -2.62. The Bertz CT molecular complexity index is 874. The van der Waals surface area contributed by atoms with Crippen LogP contribution in [0.25, 0.3) is 0 Å². The molecule has 0 fully saturated rings. The number of anilines is 1. The minimum atomic E-state index is -1.60. The van der Waals surface area contributed by atoms with Crippen molar-refractivity contribution in [2.75, 3.05) is 11.4 Å². The van der Waals surface area contributed by atoms with E-state index < -0.39 is 11.5 Å². The minimum absolute atomic E-state index is 0.296. The van der Waals surface area contributed by atoms with Crippen LogP contribution in [0.5, 0.6) is 5.75 Å². The van der Waals surface area contributed by atoms with Gasteiger partial charge in [-0.25, -0.2) is 0 Å². The predicted octanol–water partition coefficient (Wildman–Crippen LogP) is 1.86. The van der Waals surface area contributed by atoms with E-state index in [0.29, 0.717) is 24.5 Å². The summed E-state index contributed by atoms with van der Waals surface area (Å²) in [6.07, 6.45) is 0. The molecule has 3 rings (SSSR count). The van der Waals surface area contributed by atoms with Gasteiger partial charge in [0.15, 0.2) is 0 Å². The molecule has 0 saturated heterocycles. The third kappa shape index (κ3) is 2.73. The SMILES string of the molecule is CCN1C(=O)C(C)(C(=O)NCc2c(C)nn(C)c2C)Oc2ccccc21. The number of hydrogen-bond donors (Lipinski definition) is 1. The largest absolute Gasteiger partial charge is 0.466 e. The summed E-state index contributed by atoms with van der Waals surface area (Å²) in [7, 11) is 1.86. The van der Waals surface area contributed by atoms with Crippen LogP contribution in [0, 0.1) is 13.8 Å². The molecule has 1 aliphatic heterocycles. The molecule has 1 unspecified atom stereocenters. The number of aromatic nitrogens is 2. The molecule has 0 aliphatic carbocycles. The second-order valence-electron chi connectivity index (χ2n) is 6.61. The van der Waals surface area contributed by atoms with Crippen LogP contribution in [0.2, 0.25) is 0 Å². The van der Waals surface area contributed by atoms with E-state index in [9.17, 15) is 9.59 Å². The standard InChI is InChI=1S/C19H24N4O3/c1-6-23-15-9-7-8-10-16(15)26-19(4,18(23)25)17(24)20-11-14-12(2)21-22(5)13(14)3/h7-10H,6,11H2,1-5H3,(H,20,24). The van der Waals surface area contributed by atoms with E-state index in [-0.39, 0.29) is 5.91 Å². The molecule has 1 atom stereocenters. The first-order valence-corrected chi connectivity index (χ1v) is 8.67. The minimum Gasteiger partial charge on any atom is -0.466 e. The van der Waals surface area contributed by atoms with Crippen molar-refractivity contribution in [3.05, 3.63) is 41.2 Å². The smallest absolute Gasteiger partial charge is 0.280 e. The Morgan fingerprint density at radius 3 is 2.62 bits per heavy atom. The third-order valence-corrected chi connectivity index (χ3v) is 4.96. The van der Waals surface area contributed by atoms with Crippen molar-refractivity contribution in [2.24, 2.45) is 7.05 Å². The zero-order valence-electron chi connectivity index (χ0n) is 15.8. The number of para-hydroxylation sites is 2. The van der Waals surface area contributed by atoms with Crippen LogP contribution >= 0.6 is 0 Å². The van der Waals surface area contributed by atoms with Crippen molar-refractivity contribution in [1.29, 1.82) is 0 Å². The highest BCUT2D eigenvalue weighted by Crippen LogP contribution is 2.37. The van der Waals surface area contributed by atoms with Crippen LogP contribution in [0.3, 0.4) is 0 Å². The molecule has 138 valence electrons. The molecule has 0 saturated carbocycles. The first-order chi connectivity index (χ1) is 12.3. The van der Waals surface area contributed by atoms with Crippen molar-refractivity contribution in [3.63, 3.8) is 0 Å². The van der Waals surface area contributed by atoms with Crippen LogP contribution in [-0.2, 0) is 23.2 Å². The summed E-state index contributed by atoms with van der Waals surface area (Å²) in [6.45, 7) is 7.99. The number of nitrogens with one attached hydrogen (secondary N) is 1. The number of carbonyl (C=O) groups excluding carboxylic acids is 2. The molecule has 1 N–H and O–H groups in total. The van der Waals surface area contributed by atoms with Crippen LogP contribution in [0.1, 0.15) is 30.8 Å². The van der Waals surface area contributed by atoms with Gasteiger partial charge in [0.25, 0.3) is 17.4 Å². The van der Waals surface area contributed by atoms with E-state index in [0.717, 1.165) is 17.0 Å². The quantitative estimate of drug-likeness (QED) is 0.849. The fourth-order valence-electron chi connectivity index (χ4n) is 3.27. The zero-order chi connectivity index (χ0) is 19.1. The summed E-state index contributed by atoms with van der Waals surface area (Å²) < 4.78 is 7.63. The highest BCUT2D eigenvalue weighted by Gasteiger charge is 2.50. The van der Waals surface area contributed by atoms with Crippen molar-refractivity contribution in [2.45, 2.75) is 39.8 Å². The van der Waals surface area contributed by atoms with Crippen molar-refractivity contribution >= 4 is 17.5 Å². The number of benzene rings is 1. The normalized spacial score (nSPS) is 19.1. The number of rotatable bonds is 4. The molecule has 2 amide bonds. The Morgan fingerprint density at radius 1 is 1.31 bits per heavy atom. The number of nitrogens with zero attached hydrogens (tertiary/aromatic N) is 3. The number of aryl methyl sites for hydroxylation is 2. The number of likely N-dealkylation sites (N-methyl/N-ethyl adjacent to an activating group) is 1. The number of amides is 2. The molecule has 0 radical (unpaired) electrons. The Morgan fingerprint density at radius 2 is 2.00 bits per heavy atom. The van der Waals surface area contributed by atoms with Crippen LogP contribution in [-0.4, -0.2) is 33.7 Å². The zero-order valence-corrected chi connectivity index (χ0v) is 15.8. The molecule has 1 aromatic heterocycles. The Balaban J connectivity index is 1.85. The molecule has 2 heterocycles. The van der Waals surface area contributed by atoms with E-state index in [1.54, 1.807) is 15.6 Å². The number of hydrogen-bond acceptors (Lipinski definition) is 4. The maximum Gasteiger partial charge on any atom is 0.280 e. The van der Waals surface area contributed by atoms with Gasteiger partial charge in [0.1, 0.15) is 5.75 Å². The van der Waals surface area contributed by atoms with E-state index in [1.807, 2.05) is 46.0 Å². The Hall–Kier alpha value is -2.83. The number of carbonyl (C=O) groups is 2. The van der Waals surface area contributed by atoms with Gasteiger partial charge in [-0.15, -0.1) is 0 Å². The van der Waals surface area contributed by atoms with Gasteiger partial charge in [-0.2, -0.15) is 5.10 Å². The average molecular weight is 356 g/mol. The summed E-state index contributed by atoms with van der Waals surface area (Å²) >= 11 is 0. The second-order valence-corrected chi connectivity index (χ2v) is 6.61. The highest BCUT2D eigenvalue weighted by atomic mass is 16.5. The molecule has 1 aliphatic rings. The molecule has 1 aromatic carbocycles. The van der Waals surface area contributed by atoms with Crippen molar-refractivity contribution in [1.82, 2.24) is 15.1 Å². The van der Waals surface area contributed by atoms with Gasteiger partial charge < -0.3 is 15.0 Å². The van der Waals surface area contributed by atoms with Crippen molar-refractivity contribution < 1.29 is 14.3 Å². The third-order valence-electron chi connectivity index (χ3n) is 4.96. The summed E-state index contributed by atoms with van der Waals surface area (Å²) in [5.74, 6) is -0.297. The molecule has 7 heteroatoms. The average Bonchev–Trinajstić information content (AvgIpc) is 2.86. The van der Waals surface area contributed by atoms with Gasteiger partial charge in [0.2, 0.25) is 0 Å². The predicted molar refractivity (Wildman–Crippen MR) is 98.0 cm³/mol. The molecule has 0 bridgehead atoms. The Kier molecular flexibility index (Phi) is 4.48. The van der Waals surface area contributed by atoms with Crippen LogP contribution in [0.4, 0.5) is 5.69 Å².